The minimum atomic E-state index is -0.493. The molecule has 0 aliphatic heterocycles. The molecule has 2 aromatic rings. The minimum Gasteiger partial charge on any atom is -0.484 e. The predicted molar refractivity (Wildman–Crippen MR) is 90.8 cm³/mol. The second-order valence-electron chi connectivity index (χ2n) is 5.01. The van der Waals surface area contributed by atoms with Crippen molar-refractivity contribution in [2.45, 2.75) is 13.8 Å². The van der Waals surface area contributed by atoms with Crippen molar-refractivity contribution in [1.29, 1.82) is 0 Å². The van der Waals surface area contributed by atoms with Gasteiger partial charge in [-0.3, -0.25) is 14.9 Å². The number of hydrogen-bond donors (Lipinski definition) is 1. The Balaban J connectivity index is 1.93. The molecule has 2 aromatic carbocycles. The summed E-state index contributed by atoms with van der Waals surface area (Å²) in [5.41, 5.74) is 2.50. The normalized spacial score (nSPS) is 10.2. The van der Waals surface area contributed by atoms with E-state index in [1.54, 1.807) is 0 Å². The van der Waals surface area contributed by atoms with Gasteiger partial charge in [-0.1, -0.05) is 15.9 Å². The van der Waals surface area contributed by atoms with E-state index in [4.69, 9.17) is 4.74 Å². The third-order valence-corrected chi connectivity index (χ3v) is 4.39. The van der Waals surface area contributed by atoms with E-state index in [1.165, 1.54) is 24.3 Å². The smallest absolute Gasteiger partial charge is 0.269 e. The third-order valence-electron chi connectivity index (χ3n) is 3.14. The van der Waals surface area contributed by atoms with Crippen LogP contribution in [-0.2, 0) is 4.79 Å². The zero-order valence-corrected chi connectivity index (χ0v) is 14.2. The number of carbonyl (C=O) groups excluding carboxylic acids is 1. The molecule has 7 heteroatoms. The third kappa shape index (κ3) is 4.53. The SMILES string of the molecule is Cc1cc(OCC(=O)Nc2ccc([N+](=O)[O-])cc2)cc(C)c1Br. The Morgan fingerprint density at radius 3 is 2.30 bits per heavy atom. The molecule has 0 spiro atoms. The molecule has 0 atom stereocenters. The Hall–Kier alpha value is -2.41. The van der Waals surface area contributed by atoms with E-state index in [9.17, 15) is 14.9 Å². The zero-order valence-electron chi connectivity index (χ0n) is 12.6. The van der Waals surface area contributed by atoms with Gasteiger partial charge < -0.3 is 10.1 Å². The summed E-state index contributed by atoms with van der Waals surface area (Å²) in [6.45, 7) is 3.75. The summed E-state index contributed by atoms with van der Waals surface area (Å²) >= 11 is 3.47. The lowest BCUT2D eigenvalue weighted by molar-refractivity contribution is -0.384. The summed E-state index contributed by atoms with van der Waals surface area (Å²) in [4.78, 5) is 21.9. The highest BCUT2D eigenvalue weighted by Gasteiger charge is 2.08. The Morgan fingerprint density at radius 2 is 1.78 bits per heavy atom. The van der Waals surface area contributed by atoms with Crippen molar-refractivity contribution in [2.75, 3.05) is 11.9 Å². The van der Waals surface area contributed by atoms with Crippen molar-refractivity contribution in [3.63, 3.8) is 0 Å². The van der Waals surface area contributed by atoms with Gasteiger partial charge in [0, 0.05) is 22.3 Å². The molecule has 0 bridgehead atoms. The van der Waals surface area contributed by atoms with Crippen LogP contribution in [-0.4, -0.2) is 17.4 Å². The summed E-state index contributed by atoms with van der Waals surface area (Å²) in [6, 6.07) is 9.30. The Bertz CT molecular complexity index is 721. The minimum absolute atomic E-state index is 0.0277. The molecule has 0 aliphatic carbocycles. The number of nitro benzene ring substituents is 1. The first-order valence-electron chi connectivity index (χ1n) is 6.80. The van der Waals surface area contributed by atoms with Gasteiger partial charge >= 0.3 is 0 Å². The number of aryl methyl sites for hydroxylation is 2. The van der Waals surface area contributed by atoms with Gasteiger partial charge in [-0.25, -0.2) is 0 Å². The molecule has 23 heavy (non-hydrogen) atoms. The average Bonchev–Trinajstić information content (AvgIpc) is 2.51. The summed E-state index contributed by atoms with van der Waals surface area (Å²) in [6.07, 6.45) is 0. The maximum atomic E-state index is 11.9. The predicted octanol–water partition coefficient (Wildman–Crippen LogP) is 3.99. The van der Waals surface area contributed by atoms with Crippen LogP contribution in [0.25, 0.3) is 0 Å². The van der Waals surface area contributed by atoms with E-state index < -0.39 is 4.92 Å². The fourth-order valence-corrected chi connectivity index (χ4v) is 2.23. The highest BCUT2D eigenvalue weighted by atomic mass is 79.9. The van der Waals surface area contributed by atoms with Crippen LogP contribution in [0.3, 0.4) is 0 Å². The first kappa shape index (κ1) is 17.0. The van der Waals surface area contributed by atoms with E-state index in [0.29, 0.717) is 11.4 Å². The molecule has 1 amide bonds. The highest BCUT2D eigenvalue weighted by Crippen LogP contribution is 2.26. The molecule has 0 saturated heterocycles. The van der Waals surface area contributed by atoms with Crippen molar-refractivity contribution >= 4 is 33.2 Å². The van der Waals surface area contributed by atoms with Gasteiger partial charge in [0.05, 0.1) is 4.92 Å². The summed E-state index contributed by atoms with van der Waals surface area (Å²) in [7, 11) is 0. The molecule has 6 nitrogen and oxygen atoms in total. The first-order chi connectivity index (χ1) is 10.9. The lowest BCUT2D eigenvalue weighted by Gasteiger charge is -2.10. The zero-order chi connectivity index (χ0) is 17.0. The van der Waals surface area contributed by atoms with Gasteiger partial charge in [0.15, 0.2) is 6.61 Å². The summed E-state index contributed by atoms with van der Waals surface area (Å²) in [5, 5.41) is 13.2. The largest absolute Gasteiger partial charge is 0.484 e. The number of nitrogens with one attached hydrogen (secondary N) is 1. The second-order valence-corrected chi connectivity index (χ2v) is 5.80. The maximum absolute atomic E-state index is 11.9. The van der Waals surface area contributed by atoms with E-state index in [-0.39, 0.29) is 18.2 Å². The number of amides is 1. The Labute approximate surface area is 141 Å². The first-order valence-corrected chi connectivity index (χ1v) is 7.60. The number of halogens is 1. The van der Waals surface area contributed by atoms with E-state index in [0.717, 1.165) is 15.6 Å². The highest BCUT2D eigenvalue weighted by molar-refractivity contribution is 9.10. The van der Waals surface area contributed by atoms with E-state index >= 15 is 0 Å². The number of nitrogens with zero attached hydrogens (tertiary/aromatic N) is 1. The van der Waals surface area contributed by atoms with Crippen LogP contribution >= 0.6 is 15.9 Å². The van der Waals surface area contributed by atoms with Crippen LogP contribution in [0.1, 0.15) is 11.1 Å². The number of non-ortho nitro benzene ring substituents is 1. The lowest BCUT2D eigenvalue weighted by atomic mass is 10.1. The standard InChI is InChI=1S/C16H15BrN2O4/c1-10-7-14(8-11(2)16(10)17)23-9-15(20)18-12-3-5-13(6-4-12)19(21)22/h3-8H,9H2,1-2H3,(H,18,20). The van der Waals surface area contributed by atoms with Crippen LogP contribution in [0.2, 0.25) is 0 Å². The van der Waals surface area contributed by atoms with Crippen LogP contribution in [0.5, 0.6) is 5.75 Å². The van der Waals surface area contributed by atoms with Gasteiger partial charge in [0.1, 0.15) is 5.75 Å². The number of hydrogen-bond acceptors (Lipinski definition) is 4. The summed E-state index contributed by atoms with van der Waals surface area (Å²) < 4.78 is 6.49. The number of nitro groups is 1. The molecule has 0 saturated carbocycles. The van der Waals surface area contributed by atoms with Crippen molar-refractivity contribution in [2.24, 2.45) is 0 Å². The number of benzene rings is 2. The molecule has 2 rings (SSSR count). The Morgan fingerprint density at radius 1 is 1.22 bits per heavy atom. The Kier molecular flexibility index (Phi) is 5.33. The maximum Gasteiger partial charge on any atom is 0.269 e. The van der Waals surface area contributed by atoms with Gasteiger partial charge in [-0.2, -0.15) is 0 Å². The van der Waals surface area contributed by atoms with Gasteiger partial charge in [-0.15, -0.1) is 0 Å². The molecule has 120 valence electrons. The number of rotatable bonds is 5. The van der Waals surface area contributed by atoms with Crippen molar-refractivity contribution in [1.82, 2.24) is 0 Å². The lowest BCUT2D eigenvalue weighted by Crippen LogP contribution is -2.20. The molecule has 0 aliphatic rings. The topological polar surface area (TPSA) is 81.5 Å². The van der Waals surface area contributed by atoms with Gasteiger partial charge in [0.2, 0.25) is 0 Å². The van der Waals surface area contributed by atoms with Crippen molar-refractivity contribution in [3.8, 4) is 5.75 Å². The molecule has 0 aromatic heterocycles. The van der Waals surface area contributed by atoms with E-state index in [1.807, 2.05) is 26.0 Å². The fourth-order valence-electron chi connectivity index (χ4n) is 2.00. The quantitative estimate of drug-likeness (QED) is 0.629. The second kappa shape index (κ2) is 7.23. The van der Waals surface area contributed by atoms with Crippen molar-refractivity contribution in [3.05, 3.63) is 62.1 Å². The molecule has 0 heterocycles. The van der Waals surface area contributed by atoms with Crippen molar-refractivity contribution < 1.29 is 14.5 Å². The molecule has 1 N–H and O–H groups in total. The molecule has 0 unspecified atom stereocenters. The van der Waals surface area contributed by atoms with Crippen LogP contribution in [0.15, 0.2) is 40.9 Å². The number of carbonyl (C=O) groups is 1. The molecule has 0 radical (unpaired) electrons. The van der Waals surface area contributed by atoms with Crippen LogP contribution in [0.4, 0.5) is 11.4 Å². The van der Waals surface area contributed by atoms with Gasteiger partial charge in [-0.05, 0) is 49.2 Å². The fraction of sp³-hybridized carbons (Fsp3) is 0.188. The summed E-state index contributed by atoms with van der Waals surface area (Å²) in [5.74, 6) is 0.277. The molecular weight excluding hydrogens is 364 g/mol. The van der Waals surface area contributed by atoms with Gasteiger partial charge in [0.25, 0.3) is 11.6 Å². The number of ether oxygens (including phenoxy) is 1. The van der Waals surface area contributed by atoms with Crippen LogP contribution in [0, 0.1) is 24.0 Å². The molecule has 0 fully saturated rings. The number of anilines is 1. The molecular formula is C16H15BrN2O4. The average molecular weight is 379 g/mol. The monoisotopic (exact) mass is 378 g/mol. The van der Waals surface area contributed by atoms with E-state index in [2.05, 4.69) is 21.2 Å². The van der Waals surface area contributed by atoms with Crippen LogP contribution < -0.4 is 10.1 Å².